The molecule has 0 radical (unpaired) electrons. The van der Waals surface area contributed by atoms with Gasteiger partial charge in [0.1, 0.15) is 0 Å². The van der Waals surface area contributed by atoms with Crippen molar-refractivity contribution in [2.45, 2.75) is 13.0 Å². The van der Waals surface area contributed by atoms with E-state index in [1.807, 2.05) is 24.3 Å². The number of ether oxygens (including phenoxy) is 6. The molecule has 0 heterocycles. The van der Waals surface area contributed by atoms with E-state index < -0.39 is 0 Å². The Balaban J connectivity index is 2.02. The predicted octanol–water partition coefficient (Wildman–Crippen LogP) is 2.65. The first kappa shape index (κ1) is 24.8. The molecule has 0 saturated heterocycles. The SMILES string of the molecule is CN=C(NCCc1ccc(OC)c(OC)c1OC)NCc1cc(OC)c(OC)c(OC)c1. The van der Waals surface area contributed by atoms with Gasteiger partial charge in [-0.2, -0.15) is 0 Å². The molecule has 0 saturated carbocycles. The summed E-state index contributed by atoms with van der Waals surface area (Å²) in [5, 5.41) is 6.60. The van der Waals surface area contributed by atoms with Gasteiger partial charge in [-0.25, -0.2) is 0 Å². The van der Waals surface area contributed by atoms with Crippen LogP contribution >= 0.6 is 0 Å². The Morgan fingerprint density at radius 3 is 1.81 bits per heavy atom. The standard InChI is InChI=1S/C23H33N3O6/c1-24-23(26-14-15-12-18(28-3)21(31-6)19(13-15)29-4)25-11-10-16-8-9-17(27-2)22(32-7)20(16)30-5/h8-9,12-13H,10-11,14H2,1-7H3,(H2,24,25,26). The zero-order valence-corrected chi connectivity index (χ0v) is 19.8. The summed E-state index contributed by atoms with van der Waals surface area (Å²) in [4.78, 5) is 4.29. The van der Waals surface area contributed by atoms with E-state index in [-0.39, 0.29) is 0 Å². The third-order valence-corrected chi connectivity index (χ3v) is 4.88. The molecule has 0 amide bonds. The van der Waals surface area contributed by atoms with Crippen LogP contribution in [0.5, 0.6) is 34.5 Å². The smallest absolute Gasteiger partial charge is 0.203 e. The average molecular weight is 448 g/mol. The zero-order chi connectivity index (χ0) is 23.5. The summed E-state index contributed by atoms with van der Waals surface area (Å²) >= 11 is 0. The first-order valence-electron chi connectivity index (χ1n) is 10.1. The molecule has 0 aliphatic carbocycles. The molecule has 0 fully saturated rings. The monoisotopic (exact) mass is 447 g/mol. The van der Waals surface area contributed by atoms with Gasteiger partial charge < -0.3 is 39.1 Å². The highest BCUT2D eigenvalue weighted by molar-refractivity contribution is 5.79. The Morgan fingerprint density at radius 2 is 1.31 bits per heavy atom. The minimum atomic E-state index is 0.524. The number of hydrogen-bond donors (Lipinski definition) is 2. The van der Waals surface area contributed by atoms with Gasteiger partial charge in [-0.05, 0) is 30.2 Å². The van der Waals surface area contributed by atoms with Crippen molar-refractivity contribution in [1.29, 1.82) is 0 Å². The van der Waals surface area contributed by atoms with Gasteiger partial charge >= 0.3 is 0 Å². The number of aliphatic imine (C=N–C) groups is 1. The number of hydrogen-bond acceptors (Lipinski definition) is 7. The molecular formula is C23H33N3O6. The van der Waals surface area contributed by atoms with Crippen molar-refractivity contribution >= 4 is 5.96 Å². The van der Waals surface area contributed by atoms with Crippen LogP contribution in [-0.4, -0.2) is 62.2 Å². The number of nitrogens with zero attached hydrogens (tertiary/aromatic N) is 1. The summed E-state index contributed by atoms with van der Waals surface area (Å²) in [7, 11) is 11.3. The minimum Gasteiger partial charge on any atom is -0.493 e. The highest BCUT2D eigenvalue weighted by Gasteiger charge is 2.16. The van der Waals surface area contributed by atoms with E-state index in [9.17, 15) is 0 Å². The zero-order valence-electron chi connectivity index (χ0n) is 19.8. The number of rotatable bonds is 11. The molecule has 0 aromatic heterocycles. The van der Waals surface area contributed by atoms with Gasteiger partial charge in [-0.1, -0.05) is 6.07 Å². The Morgan fingerprint density at radius 1 is 0.719 bits per heavy atom. The van der Waals surface area contributed by atoms with Gasteiger partial charge in [-0.15, -0.1) is 0 Å². The Bertz CT molecular complexity index is 892. The fourth-order valence-electron chi connectivity index (χ4n) is 3.32. The summed E-state index contributed by atoms with van der Waals surface area (Å²) in [6.07, 6.45) is 0.703. The summed E-state index contributed by atoms with van der Waals surface area (Å²) in [5.74, 6) is 4.30. The molecule has 0 aliphatic rings. The maximum absolute atomic E-state index is 5.55. The van der Waals surface area contributed by atoms with Crippen molar-refractivity contribution in [2.24, 2.45) is 4.99 Å². The topological polar surface area (TPSA) is 91.8 Å². The number of benzene rings is 2. The molecule has 0 unspecified atom stereocenters. The Kier molecular flexibility index (Phi) is 9.59. The van der Waals surface area contributed by atoms with E-state index in [1.165, 1.54) is 0 Å². The largest absolute Gasteiger partial charge is 0.493 e. The van der Waals surface area contributed by atoms with Gasteiger partial charge in [-0.3, -0.25) is 4.99 Å². The van der Waals surface area contributed by atoms with E-state index in [2.05, 4.69) is 15.6 Å². The lowest BCUT2D eigenvalue weighted by Gasteiger charge is -2.17. The van der Waals surface area contributed by atoms with Crippen LogP contribution in [0.2, 0.25) is 0 Å². The summed E-state index contributed by atoms with van der Waals surface area (Å²) in [6, 6.07) is 7.63. The molecule has 0 atom stereocenters. The molecule has 0 spiro atoms. The minimum absolute atomic E-state index is 0.524. The van der Waals surface area contributed by atoms with E-state index in [4.69, 9.17) is 28.4 Å². The molecule has 32 heavy (non-hydrogen) atoms. The van der Waals surface area contributed by atoms with Crippen LogP contribution in [0, 0.1) is 0 Å². The lowest BCUT2D eigenvalue weighted by molar-refractivity contribution is 0.322. The Labute approximate surface area is 189 Å². The van der Waals surface area contributed by atoms with Crippen LogP contribution in [0.15, 0.2) is 29.3 Å². The van der Waals surface area contributed by atoms with Crippen molar-refractivity contribution in [3.63, 3.8) is 0 Å². The molecule has 2 rings (SSSR count). The third-order valence-electron chi connectivity index (χ3n) is 4.88. The quantitative estimate of drug-likeness (QED) is 0.401. The van der Waals surface area contributed by atoms with Gasteiger partial charge in [0.2, 0.25) is 11.5 Å². The lowest BCUT2D eigenvalue weighted by Crippen LogP contribution is -2.37. The molecule has 0 aliphatic heterocycles. The maximum Gasteiger partial charge on any atom is 0.203 e. The second-order valence-corrected chi connectivity index (χ2v) is 6.63. The fourth-order valence-corrected chi connectivity index (χ4v) is 3.32. The van der Waals surface area contributed by atoms with Crippen LogP contribution in [0.25, 0.3) is 0 Å². The molecule has 176 valence electrons. The third kappa shape index (κ3) is 5.81. The molecule has 2 N–H and O–H groups in total. The van der Waals surface area contributed by atoms with Crippen molar-refractivity contribution in [1.82, 2.24) is 10.6 Å². The second kappa shape index (κ2) is 12.4. The van der Waals surface area contributed by atoms with Crippen LogP contribution < -0.4 is 39.1 Å². The highest BCUT2D eigenvalue weighted by atomic mass is 16.5. The van der Waals surface area contributed by atoms with Crippen molar-refractivity contribution in [2.75, 3.05) is 56.3 Å². The van der Waals surface area contributed by atoms with Crippen LogP contribution in [0.3, 0.4) is 0 Å². The first-order valence-corrected chi connectivity index (χ1v) is 10.1. The fraction of sp³-hybridized carbons (Fsp3) is 0.435. The van der Waals surface area contributed by atoms with E-state index >= 15 is 0 Å². The van der Waals surface area contributed by atoms with Gasteiger partial charge in [0.25, 0.3) is 0 Å². The molecular weight excluding hydrogens is 414 g/mol. The van der Waals surface area contributed by atoms with Crippen molar-refractivity contribution in [3.05, 3.63) is 35.4 Å². The second-order valence-electron chi connectivity index (χ2n) is 6.63. The van der Waals surface area contributed by atoms with Crippen LogP contribution in [0.4, 0.5) is 0 Å². The van der Waals surface area contributed by atoms with E-state index in [0.717, 1.165) is 11.1 Å². The molecule has 9 heteroatoms. The van der Waals surface area contributed by atoms with E-state index in [0.29, 0.717) is 60.0 Å². The summed E-state index contributed by atoms with van der Waals surface area (Å²) in [6.45, 7) is 1.16. The maximum atomic E-state index is 5.55. The van der Waals surface area contributed by atoms with Gasteiger partial charge in [0.15, 0.2) is 29.0 Å². The van der Waals surface area contributed by atoms with Crippen LogP contribution in [0.1, 0.15) is 11.1 Å². The van der Waals surface area contributed by atoms with Crippen LogP contribution in [-0.2, 0) is 13.0 Å². The Hall–Kier alpha value is -3.49. The van der Waals surface area contributed by atoms with Crippen molar-refractivity contribution < 1.29 is 28.4 Å². The number of nitrogens with one attached hydrogen (secondary N) is 2. The normalized spacial score (nSPS) is 10.9. The molecule has 2 aromatic carbocycles. The predicted molar refractivity (Wildman–Crippen MR) is 124 cm³/mol. The van der Waals surface area contributed by atoms with Crippen molar-refractivity contribution in [3.8, 4) is 34.5 Å². The average Bonchev–Trinajstić information content (AvgIpc) is 2.84. The van der Waals surface area contributed by atoms with Gasteiger partial charge in [0.05, 0.1) is 42.7 Å². The number of guanidine groups is 1. The summed E-state index contributed by atoms with van der Waals surface area (Å²) in [5.41, 5.74) is 1.96. The van der Waals surface area contributed by atoms with E-state index in [1.54, 1.807) is 49.7 Å². The van der Waals surface area contributed by atoms with Gasteiger partial charge in [0, 0.05) is 25.7 Å². The molecule has 0 bridgehead atoms. The number of methoxy groups -OCH3 is 6. The molecule has 2 aromatic rings. The highest BCUT2D eigenvalue weighted by Crippen LogP contribution is 2.40. The first-order chi connectivity index (χ1) is 15.6. The summed E-state index contributed by atoms with van der Waals surface area (Å²) < 4.78 is 32.5. The molecule has 9 nitrogen and oxygen atoms in total. The lowest BCUT2D eigenvalue weighted by atomic mass is 10.1.